The van der Waals surface area contributed by atoms with Gasteiger partial charge in [0.1, 0.15) is 0 Å². The Hall–Kier alpha value is -1.44. The van der Waals surface area contributed by atoms with E-state index in [-0.39, 0.29) is 16.8 Å². The zero-order chi connectivity index (χ0) is 16.9. The van der Waals surface area contributed by atoms with Crippen molar-refractivity contribution in [1.29, 1.82) is 0 Å². The van der Waals surface area contributed by atoms with Crippen LogP contribution in [-0.4, -0.2) is 40.5 Å². The molecule has 6 nitrogen and oxygen atoms in total. The van der Waals surface area contributed by atoms with Gasteiger partial charge in [-0.15, -0.1) is 0 Å². The Kier molecular flexibility index (Phi) is 6.15. The van der Waals surface area contributed by atoms with Gasteiger partial charge in [-0.3, -0.25) is 4.79 Å². The van der Waals surface area contributed by atoms with E-state index in [4.69, 9.17) is 0 Å². The molecule has 0 aromatic heterocycles. The Morgan fingerprint density at radius 1 is 1.30 bits per heavy atom. The predicted molar refractivity (Wildman–Crippen MR) is 89.6 cm³/mol. The average Bonchev–Trinajstić information content (AvgIpc) is 2.55. The van der Waals surface area contributed by atoms with Crippen molar-refractivity contribution in [1.82, 2.24) is 15.4 Å². The molecule has 1 saturated heterocycles. The van der Waals surface area contributed by atoms with Gasteiger partial charge in [-0.1, -0.05) is 19.1 Å². The molecule has 2 rings (SSSR count). The van der Waals surface area contributed by atoms with E-state index in [2.05, 4.69) is 22.3 Å². The first-order valence-corrected chi connectivity index (χ1v) is 9.43. The fourth-order valence-corrected chi connectivity index (χ4v) is 3.45. The molecule has 0 radical (unpaired) electrons. The van der Waals surface area contributed by atoms with Crippen molar-refractivity contribution in [3.8, 4) is 0 Å². The lowest BCUT2D eigenvalue weighted by atomic mass is 9.95. The zero-order valence-electron chi connectivity index (χ0n) is 13.6. The maximum atomic E-state index is 12.1. The predicted octanol–water partition coefficient (Wildman–Crippen LogP) is 0.642. The molecule has 0 bridgehead atoms. The van der Waals surface area contributed by atoms with Gasteiger partial charge in [0.15, 0.2) is 0 Å². The molecule has 3 N–H and O–H groups in total. The summed E-state index contributed by atoms with van der Waals surface area (Å²) in [4.78, 5) is 12.3. The Bertz CT molecular complexity index is 628. The molecule has 1 amide bonds. The maximum absolute atomic E-state index is 12.1. The minimum Gasteiger partial charge on any atom is -0.353 e. The van der Waals surface area contributed by atoms with Crippen molar-refractivity contribution in [3.05, 3.63) is 29.8 Å². The van der Waals surface area contributed by atoms with Crippen molar-refractivity contribution >= 4 is 15.9 Å². The largest absolute Gasteiger partial charge is 0.353 e. The van der Waals surface area contributed by atoms with E-state index in [1.54, 1.807) is 24.3 Å². The van der Waals surface area contributed by atoms with Gasteiger partial charge in [-0.25, -0.2) is 13.1 Å². The molecule has 128 valence electrons. The van der Waals surface area contributed by atoms with E-state index in [0.29, 0.717) is 18.8 Å². The molecule has 23 heavy (non-hydrogen) atoms. The second-order valence-corrected chi connectivity index (χ2v) is 7.88. The highest BCUT2D eigenvalue weighted by molar-refractivity contribution is 7.89. The molecule has 1 aromatic rings. The van der Waals surface area contributed by atoms with E-state index >= 15 is 0 Å². The van der Waals surface area contributed by atoms with E-state index in [1.807, 2.05) is 0 Å². The summed E-state index contributed by atoms with van der Waals surface area (Å²) in [5.74, 6) is 0.495. The summed E-state index contributed by atoms with van der Waals surface area (Å²) in [6.45, 7) is 4.01. The van der Waals surface area contributed by atoms with Gasteiger partial charge in [0.2, 0.25) is 15.9 Å². The van der Waals surface area contributed by atoms with Gasteiger partial charge in [-0.05, 0) is 56.6 Å². The van der Waals surface area contributed by atoms with Gasteiger partial charge >= 0.3 is 0 Å². The summed E-state index contributed by atoms with van der Waals surface area (Å²) < 4.78 is 25.6. The Labute approximate surface area is 138 Å². The minimum absolute atomic E-state index is 0.0515. The normalized spacial score (nSPS) is 21.8. The molecule has 0 saturated carbocycles. The molecule has 0 spiro atoms. The molecular formula is C16H25N3O3S. The first-order valence-electron chi connectivity index (χ1n) is 7.95. The fourth-order valence-electron chi connectivity index (χ4n) is 2.72. The molecule has 1 heterocycles. The Morgan fingerprint density at radius 3 is 2.61 bits per heavy atom. The smallest absolute Gasteiger partial charge is 0.240 e. The molecule has 1 aliphatic rings. The number of carbonyl (C=O) groups is 1. The third-order valence-corrected chi connectivity index (χ3v) is 5.71. The molecule has 0 aliphatic carbocycles. The van der Waals surface area contributed by atoms with E-state index in [9.17, 15) is 13.2 Å². The van der Waals surface area contributed by atoms with E-state index < -0.39 is 10.0 Å². The van der Waals surface area contributed by atoms with Crippen LogP contribution in [0.15, 0.2) is 29.2 Å². The molecule has 7 heteroatoms. The van der Waals surface area contributed by atoms with Crippen LogP contribution in [0.2, 0.25) is 0 Å². The maximum Gasteiger partial charge on any atom is 0.240 e. The van der Waals surface area contributed by atoms with Crippen molar-refractivity contribution in [2.75, 3.05) is 20.1 Å². The van der Waals surface area contributed by atoms with Gasteiger partial charge in [0, 0.05) is 12.5 Å². The van der Waals surface area contributed by atoms with Crippen LogP contribution in [0.3, 0.4) is 0 Å². The Morgan fingerprint density at radius 2 is 2.00 bits per heavy atom. The van der Waals surface area contributed by atoms with Gasteiger partial charge in [-0.2, -0.15) is 0 Å². The van der Waals surface area contributed by atoms with Crippen LogP contribution in [0, 0.1) is 5.92 Å². The van der Waals surface area contributed by atoms with Crippen molar-refractivity contribution in [3.63, 3.8) is 0 Å². The molecule has 2 atom stereocenters. The quantitative estimate of drug-likeness (QED) is 0.710. The average molecular weight is 339 g/mol. The lowest BCUT2D eigenvalue weighted by molar-refractivity contribution is -0.122. The number of piperidine rings is 1. The zero-order valence-corrected chi connectivity index (χ0v) is 14.4. The second kappa shape index (κ2) is 7.90. The van der Waals surface area contributed by atoms with Crippen molar-refractivity contribution in [2.45, 2.75) is 37.1 Å². The van der Waals surface area contributed by atoms with Crippen LogP contribution >= 0.6 is 0 Å². The Balaban J connectivity index is 1.84. The standard InChI is InChI=1S/C16H25N3O3S/c1-12-11-18-10-9-15(12)19-16(20)8-5-13-3-6-14(7-4-13)23(21,22)17-2/h3-4,6-7,12,15,17-18H,5,8-11H2,1-2H3,(H,19,20). The lowest BCUT2D eigenvalue weighted by Crippen LogP contribution is -2.48. The first-order chi connectivity index (χ1) is 10.9. The number of rotatable bonds is 6. The summed E-state index contributed by atoms with van der Waals surface area (Å²) in [5.41, 5.74) is 0.952. The molecule has 2 unspecified atom stereocenters. The van der Waals surface area contributed by atoms with Crippen LogP contribution in [-0.2, 0) is 21.2 Å². The number of sulfonamides is 1. The van der Waals surface area contributed by atoms with Gasteiger partial charge in [0.25, 0.3) is 0 Å². The summed E-state index contributed by atoms with van der Waals surface area (Å²) in [6, 6.07) is 6.88. The third kappa shape index (κ3) is 5.02. The summed E-state index contributed by atoms with van der Waals surface area (Å²) in [5, 5.41) is 6.41. The van der Waals surface area contributed by atoms with Crippen molar-refractivity contribution < 1.29 is 13.2 Å². The number of hydrogen-bond acceptors (Lipinski definition) is 4. The van der Waals surface area contributed by atoms with Crippen LogP contribution in [0.25, 0.3) is 0 Å². The van der Waals surface area contributed by atoms with Crippen LogP contribution in [0.5, 0.6) is 0 Å². The fraction of sp³-hybridized carbons (Fsp3) is 0.562. The molecule has 1 aliphatic heterocycles. The van der Waals surface area contributed by atoms with Gasteiger partial charge in [0.05, 0.1) is 4.90 Å². The topological polar surface area (TPSA) is 87.3 Å². The number of benzene rings is 1. The number of hydrogen-bond donors (Lipinski definition) is 3. The van der Waals surface area contributed by atoms with Crippen molar-refractivity contribution in [2.24, 2.45) is 5.92 Å². The van der Waals surface area contributed by atoms with E-state index in [0.717, 1.165) is 25.1 Å². The lowest BCUT2D eigenvalue weighted by Gasteiger charge is -2.30. The summed E-state index contributed by atoms with van der Waals surface area (Å²) in [6.07, 6.45) is 1.98. The highest BCUT2D eigenvalue weighted by atomic mass is 32.2. The van der Waals surface area contributed by atoms with Crippen LogP contribution in [0.1, 0.15) is 25.3 Å². The highest BCUT2D eigenvalue weighted by Crippen LogP contribution is 2.13. The molecule has 1 fully saturated rings. The number of nitrogens with one attached hydrogen (secondary N) is 3. The van der Waals surface area contributed by atoms with Gasteiger partial charge < -0.3 is 10.6 Å². The van der Waals surface area contributed by atoms with Crippen LogP contribution in [0.4, 0.5) is 0 Å². The van der Waals surface area contributed by atoms with Crippen LogP contribution < -0.4 is 15.4 Å². The van der Waals surface area contributed by atoms with E-state index in [1.165, 1.54) is 7.05 Å². The molecular weight excluding hydrogens is 314 g/mol. The summed E-state index contributed by atoms with van der Waals surface area (Å²) >= 11 is 0. The molecule has 1 aromatic carbocycles. The SMILES string of the molecule is CNS(=O)(=O)c1ccc(CCC(=O)NC2CCNCC2C)cc1. The number of aryl methyl sites for hydroxylation is 1. The number of amides is 1. The monoisotopic (exact) mass is 339 g/mol. The number of carbonyl (C=O) groups excluding carboxylic acids is 1. The first kappa shape index (κ1) is 17.9. The summed E-state index contributed by atoms with van der Waals surface area (Å²) in [7, 11) is -2.02. The third-order valence-electron chi connectivity index (χ3n) is 4.27. The highest BCUT2D eigenvalue weighted by Gasteiger charge is 2.22. The minimum atomic E-state index is -3.41. The second-order valence-electron chi connectivity index (χ2n) is 6.00.